The maximum absolute atomic E-state index is 6.75. The van der Waals surface area contributed by atoms with Crippen molar-refractivity contribution in [3.63, 3.8) is 0 Å². The molecule has 136 valence electrons. The molecule has 2 aromatic carbocycles. The van der Waals surface area contributed by atoms with Gasteiger partial charge in [0, 0.05) is 22.7 Å². The largest absolute Gasteiger partial charge is 0.461 e. The van der Waals surface area contributed by atoms with Crippen LogP contribution in [0.2, 0.25) is 0 Å². The molecule has 1 spiro atoms. The van der Waals surface area contributed by atoms with Crippen LogP contribution in [0.15, 0.2) is 47.6 Å². The molecule has 2 aliphatic heterocycles. The van der Waals surface area contributed by atoms with E-state index in [-0.39, 0.29) is 5.54 Å². The lowest BCUT2D eigenvalue weighted by Crippen LogP contribution is -2.51. The Labute approximate surface area is 159 Å². The minimum Gasteiger partial charge on any atom is -0.461 e. The van der Waals surface area contributed by atoms with Crippen LogP contribution in [0, 0.1) is 13.8 Å². The van der Waals surface area contributed by atoms with E-state index in [0.717, 1.165) is 22.3 Å². The van der Waals surface area contributed by atoms with Crippen LogP contribution in [-0.2, 0) is 11.3 Å². The first-order valence-corrected chi connectivity index (χ1v) is 9.33. The Morgan fingerprint density at radius 1 is 0.963 bits per heavy atom. The van der Waals surface area contributed by atoms with Crippen molar-refractivity contribution in [2.24, 2.45) is 4.99 Å². The molecule has 0 N–H and O–H groups in total. The van der Waals surface area contributed by atoms with Crippen LogP contribution < -0.4 is 4.74 Å². The molecule has 0 aliphatic carbocycles. The van der Waals surface area contributed by atoms with E-state index < -0.39 is 5.72 Å². The van der Waals surface area contributed by atoms with Crippen molar-refractivity contribution in [1.82, 2.24) is 9.88 Å². The van der Waals surface area contributed by atoms with Crippen LogP contribution in [0.1, 0.15) is 36.1 Å². The summed E-state index contributed by atoms with van der Waals surface area (Å²) in [6, 6.07) is 12.4. The molecule has 4 nitrogen and oxygen atoms in total. The molecule has 0 bridgehead atoms. The second-order valence-electron chi connectivity index (χ2n) is 8.11. The molecule has 0 amide bonds. The lowest BCUT2D eigenvalue weighted by molar-refractivity contribution is -0.0477. The number of benzene rings is 2. The van der Waals surface area contributed by atoms with Crippen molar-refractivity contribution >= 4 is 22.8 Å². The minimum absolute atomic E-state index is 0.159. The van der Waals surface area contributed by atoms with Crippen LogP contribution in [0.4, 0.5) is 5.69 Å². The van der Waals surface area contributed by atoms with Gasteiger partial charge in [0.2, 0.25) is 5.72 Å². The van der Waals surface area contributed by atoms with Gasteiger partial charge in [-0.15, -0.1) is 0 Å². The molecule has 1 atom stereocenters. The highest BCUT2D eigenvalue weighted by molar-refractivity contribution is 5.97. The van der Waals surface area contributed by atoms with Gasteiger partial charge in [0.15, 0.2) is 0 Å². The van der Waals surface area contributed by atoms with Crippen LogP contribution in [-0.4, -0.2) is 23.1 Å². The van der Waals surface area contributed by atoms with Crippen molar-refractivity contribution in [2.45, 2.75) is 39.0 Å². The Kier molecular flexibility index (Phi) is 3.15. The molecule has 3 aromatic rings. The van der Waals surface area contributed by atoms with Gasteiger partial charge in [-0.2, -0.15) is 0 Å². The molecule has 0 radical (unpaired) electrons. The summed E-state index contributed by atoms with van der Waals surface area (Å²) in [5, 5.41) is 1.02. The summed E-state index contributed by atoms with van der Waals surface area (Å²) >= 11 is 0. The summed E-state index contributed by atoms with van der Waals surface area (Å²) in [7, 11) is 2.12. The fraction of sp³-hybridized carbons (Fsp3) is 0.304. The molecule has 1 unspecified atom stereocenters. The van der Waals surface area contributed by atoms with Gasteiger partial charge in [0.05, 0.1) is 11.7 Å². The molecule has 3 heterocycles. The molecule has 0 saturated heterocycles. The van der Waals surface area contributed by atoms with Gasteiger partial charge in [-0.25, -0.2) is 0 Å². The number of fused-ring (bicyclic) bond motifs is 5. The van der Waals surface area contributed by atoms with E-state index in [1.807, 2.05) is 30.5 Å². The number of nitrogens with zero attached hydrogens (tertiary/aromatic N) is 3. The second-order valence-corrected chi connectivity index (χ2v) is 8.11. The first kappa shape index (κ1) is 16.5. The Morgan fingerprint density at radius 2 is 1.70 bits per heavy atom. The third-order valence-electron chi connectivity index (χ3n) is 6.28. The Bertz CT molecular complexity index is 1130. The third-order valence-corrected chi connectivity index (χ3v) is 6.28. The first-order valence-electron chi connectivity index (χ1n) is 9.33. The van der Waals surface area contributed by atoms with Gasteiger partial charge in [0.1, 0.15) is 11.4 Å². The number of aryl methyl sites for hydroxylation is 2. The lowest BCUT2D eigenvalue weighted by Gasteiger charge is -2.41. The monoisotopic (exact) mass is 357 g/mol. The number of pyridine rings is 1. The zero-order valence-corrected chi connectivity index (χ0v) is 16.4. The Morgan fingerprint density at radius 3 is 2.48 bits per heavy atom. The average Bonchev–Trinajstić information content (AvgIpc) is 2.84. The predicted molar refractivity (Wildman–Crippen MR) is 109 cm³/mol. The molecule has 2 aliphatic rings. The molecule has 5 rings (SSSR count). The first-order chi connectivity index (χ1) is 12.9. The van der Waals surface area contributed by atoms with E-state index in [4.69, 9.17) is 9.73 Å². The Hall–Kier alpha value is -2.72. The number of aromatic nitrogens is 1. The van der Waals surface area contributed by atoms with E-state index >= 15 is 0 Å². The van der Waals surface area contributed by atoms with Gasteiger partial charge in [0.25, 0.3) is 0 Å². The van der Waals surface area contributed by atoms with Crippen molar-refractivity contribution in [2.75, 3.05) is 7.05 Å². The summed E-state index contributed by atoms with van der Waals surface area (Å²) in [6.45, 7) is 8.85. The zero-order valence-electron chi connectivity index (χ0n) is 16.4. The quantitative estimate of drug-likeness (QED) is 0.569. The highest BCUT2D eigenvalue weighted by atomic mass is 16.5. The molecule has 0 fully saturated rings. The van der Waals surface area contributed by atoms with E-state index in [9.17, 15) is 0 Å². The summed E-state index contributed by atoms with van der Waals surface area (Å²) in [5.74, 6) is 0.800. The van der Waals surface area contributed by atoms with E-state index in [1.54, 1.807) is 6.20 Å². The lowest BCUT2D eigenvalue weighted by atomic mass is 9.86. The van der Waals surface area contributed by atoms with E-state index in [2.05, 4.69) is 56.8 Å². The maximum Gasteiger partial charge on any atom is 0.227 e. The molecule has 27 heavy (non-hydrogen) atoms. The van der Waals surface area contributed by atoms with Gasteiger partial charge < -0.3 is 4.74 Å². The van der Waals surface area contributed by atoms with Crippen LogP contribution in [0.25, 0.3) is 10.9 Å². The maximum atomic E-state index is 6.75. The zero-order chi connectivity index (χ0) is 19.0. The van der Waals surface area contributed by atoms with Gasteiger partial charge in [-0.05, 0) is 75.7 Å². The molecular weight excluding hydrogens is 334 g/mol. The molecule has 1 aromatic heterocycles. The van der Waals surface area contributed by atoms with Crippen LogP contribution in [0.3, 0.4) is 0 Å². The van der Waals surface area contributed by atoms with E-state index in [0.29, 0.717) is 0 Å². The fourth-order valence-electron chi connectivity index (χ4n) is 4.76. The predicted octanol–water partition coefficient (Wildman–Crippen LogP) is 4.98. The van der Waals surface area contributed by atoms with Crippen molar-refractivity contribution in [3.8, 4) is 5.75 Å². The molecular formula is C23H23N3O. The highest BCUT2D eigenvalue weighted by Gasteiger charge is 2.56. The smallest absolute Gasteiger partial charge is 0.227 e. The topological polar surface area (TPSA) is 37.7 Å². The Balaban J connectivity index is 1.78. The highest BCUT2D eigenvalue weighted by Crippen LogP contribution is 2.54. The summed E-state index contributed by atoms with van der Waals surface area (Å²) in [6.07, 6.45) is 3.78. The normalized spacial score (nSPS) is 22.7. The number of rotatable bonds is 0. The summed E-state index contributed by atoms with van der Waals surface area (Å²) in [5.41, 5.74) is 6.00. The van der Waals surface area contributed by atoms with Crippen molar-refractivity contribution in [3.05, 3.63) is 64.8 Å². The number of hydrogen-bond acceptors (Lipinski definition) is 4. The van der Waals surface area contributed by atoms with Crippen molar-refractivity contribution in [1.29, 1.82) is 0 Å². The number of ether oxygens (including phenoxy) is 1. The SMILES string of the molecule is Cc1ccc(C)c2c1C(C)(C)N(C)C21C=Nc2c(ccc3ncccc23)O1. The number of hydrogen-bond donors (Lipinski definition) is 0. The van der Waals surface area contributed by atoms with Gasteiger partial charge in [-0.1, -0.05) is 12.1 Å². The van der Waals surface area contributed by atoms with E-state index in [1.165, 1.54) is 22.3 Å². The van der Waals surface area contributed by atoms with Gasteiger partial charge >= 0.3 is 0 Å². The van der Waals surface area contributed by atoms with Crippen molar-refractivity contribution < 1.29 is 4.74 Å². The average molecular weight is 357 g/mol. The number of aliphatic imine (C=N–C) groups is 1. The van der Waals surface area contributed by atoms with Gasteiger partial charge in [-0.3, -0.25) is 14.9 Å². The summed E-state index contributed by atoms with van der Waals surface area (Å²) < 4.78 is 6.75. The fourth-order valence-corrected chi connectivity index (χ4v) is 4.76. The van der Waals surface area contributed by atoms with Crippen LogP contribution in [0.5, 0.6) is 5.75 Å². The van der Waals surface area contributed by atoms with Crippen LogP contribution >= 0.6 is 0 Å². The third kappa shape index (κ3) is 1.96. The molecule has 0 saturated carbocycles. The summed E-state index contributed by atoms with van der Waals surface area (Å²) in [4.78, 5) is 11.6. The minimum atomic E-state index is -0.697. The molecule has 4 heteroatoms. The second kappa shape index (κ2) is 5.17. The standard InChI is InChI=1S/C23H23N3O/c1-14-8-9-15(2)20-19(14)22(3,4)26(5)23(20)13-25-21-16-7-6-12-24-17(16)10-11-18(21)27-23/h6-13H,1-5H3.